The first-order valence-electron chi connectivity index (χ1n) is 8.45. The maximum atomic E-state index is 12.2. The van der Waals surface area contributed by atoms with E-state index in [0.29, 0.717) is 6.42 Å². The molecule has 1 aromatic heterocycles. The molecule has 1 aromatic rings. The Labute approximate surface area is 161 Å². The summed E-state index contributed by atoms with van der Waals surface area (Å²) in [4.78, 5) is 8.08. The molecule has 2 fully saturated rings. The zero-order chi connectivity index (χ0) is 20.0. The van der Waals surface area contributed by atoms with Gasteiger partial charge >= 0.3 is 7.60 Å². The third-order valence-corrected chi connectivity index (χ3v) is 6.72. The summed E-state index contributed by atoms with van der Waals surface area (Å²) in [5.41, 5.74) is 5.96. The Morgan fingerprint density at radius 1 is 1.63 bits per heavy atom. The van der Waals surface area contributed by atoms with Gasteiger partial charge in [-0.25, -0.2) is 9.98 Å². The van der Waals surface area contributed by atoms with E-state index in [4.69, 9.17) is 31.8 Å². The SMILES string of the molecule is CCOP(C)(=O)OC[C@]12C[C@@H]1[C@@H](n1cnc(C(=N)N)c1/N=C/Cl)[C@H](O)[C@@H]2O. The summed E-state index contributed by atoms with van der Waals surface area (Å²) in [5.74, 6) is -0.205. The Morgan fingerprint density at radius 2 is 2.33 bits per heavy atom. The smallest absolute Gasteiger partial charge is 0.327 e. The molecule has 0 bridgehead atoms. The zero-order valence-corrected chi connectivity index (χ0v) is 16.6. The fourth-order valence-electron chi connectivity index (χ4n) is 3.97. The van der Waals surface area contributed by atoms with Crippen molar-refractivity contribution in [2.75, 3.05) is 19.9 Å². The normalized spacial score (nSPS) is 34.6. The summed E-state index contributed by atoms with van der Waals surface area (Å²) < 4.78 is 24.3. The van der Waals surface area contributed by atoms with Gasteiger partial charge in [0.25, 0.3) is 0 Å². The van der Waals surface area contributed by atoms with Gasteiger partial charge in [0, 0.05) is 12.1 Å². The topological polar surface area (TPSA) is 156 Å². The molecule has 0 saturated heterocycles. The molecule has 2 aliphatic carbocycles. The lowest BCUT2D eigenvalue weighted by molar-refractivity contribution is -0.0287. The van der Waals surface area contributed by atoms with Gasteiger partial charge in [0.1, 0.15) is 17.6 Å². The molecule has 3 rings (SSSR count). The summed E-state index contributed by atoms with van der Waals surface area (Å²) in [7, 11) is -3.23. The van der Waals surface area contributed by atoms with E-state index in [1.807, 2.05) is 0 Å². The number of hydrogen-bond donors (Lipinski definition) is 4. The predicted molar refractivity (Wildman–Crippen MR) is 99.9 cm³/mol. The van der Waals surface area contributed by atoms with Crippen LogP contribution < -0.4 is 5.73 Å². The molecule has 150 valence electrons. The summed E-state index contributed by atoms with van der Waals surface area (Å²) in [6.45, 7) is 3.34. The van der Waals surface area contributed by atoms with E-state index < -0.39 is 31.3 Å². The number of hydrogen-bond acceptors (Lipinski definition) is 8. The lowest BCUT2D eigenvalue weighted by Gasteiger charge is -2.25. The second kappa shape index (κ2) is 7.27. The third-order valence-electron chi connectivity index (χ3n) is 5.30. The van der Waals surface area contributed by atoms with E-state index >= 15 is 0 Å². The molecule has 0 radical (unpaired) electrons. The van der Waals surface area contributed by atoms with E-state index in [0.717, 1.165) is 5.67 Å². The molecular formula is C15H23ClN5O5P. The standard InChI is InChI=1S/C15H23ClN5O5P/c1-3-25-27(2,24)26-5-15-4-8(15)10(11(22)12(15)23)21-7-20-9(13(17)18)14(21)19-6-16/h6-8,10-12,22-23H,3-5H2,1-2H3,(H3,17,18)/b19-6+/t8-,10-,11+,12+,15-,27?/m1/s1. The number of aliphatic hydroxyl groups excluding tert-OH is 2. The highest BCUT2D eigenvalue weighted by Crippen LogP contribution is 2.69. The van der Waals surface area contributed by atoms with Crippen LogP contribution in [0, 0.1) is 16.7 Å². The van der Waals surface area contributed by atoms with Crippen molar-refractivity contribution in [3.8, 4) is 0 Å². The highest BCUT2D eigenvalue weighted by atomic mass is 35.5. The van der Waals surface area contributed by atoms with Crippen molar-refractivity contribution in [1.82, 2.24) is 9.55 Å². The van der Waals surface area contributed by atoms with E-state index in [9.17, 15) is 14.8 Å². The van der Waals surface area contributed by atoms with Crippen molar-refractivity contribution in [2.24, 2.45) is 22.1 Å². The Hall–Kier alpha value is -1.29. The lowest BCUT2D eigenvalue weighted by Crippen LogP contribution is -2.35. The Balaban J connectivity index is 1.86. The van der Waals surface area contributed by atoms with Crippen LogP contribution in [0.4, 0.5) is 5.82 Å². The van der Waals surface area contributed by atoms with E-state index in [1.54, 1.807) is 11.5 Å². The number of imidazole rings is 1. The first-order chi connectivity index (χ1) is 12.7. The van der Waals surface area contributed by atoms with Gasteiger partial charge in [-0.1, -0.05) is 11.6 Å². The van der Waals surface area contributed by atoms with Gasteiger partial charge in [-0.05, 0) is 19.3 Å². The molecule has 2 aliphatic rings. The monoisotopic (exact) mass is 419 g/mol. The maximum Gasteiger partial charge on any atom is 0.327 e. The molecule has 0 spiro atoms. The minimum atomic E-state index is -3.23. The maximum absolute atomic E-state index is 12.2. The number of nitrogens with two attached hydrogens (primary N) is 1. The predicted octanol–water partition coefficient (Wildman–Crippen LogP) is 1.22. The quantitative estimate of drug-likeness (QED) is 0.280. The zero-order valence-electron chi connectivity index (χ0n) is 14.9. The second-order valence-electron chi connectivity index (χ2n) is 6.90. The number of aliphatic hydroxyl groups is 2. The largest absolute Gasteiger partial charge is 0.390 e. The summed E-state index contributed by atoms with van der Waals surface area (Å²) in [6.07, 6.45) is -0.213. The van der Waals surface area contributed by atoms with Gasteiger partial charge in [0.15, 0.2) is 5.82 Å². The minimum Gasteiger partial charge on any atom is -0.390 e. The molecule has 27 heavy (non-hydrogen) atoms. The molecule has 0 aliphatic heterocycles. The number of nitrogens with zero attached hydrogens (tertiary/aromatic N) is 3. The summed E-state index contributed by atoms with van der Waals surface area (Å²) >= 11 is 5.60. The summed E-state index contributed by atoms with van der Waals surface area (Å²) in [6, 6.07) is -0.553. The highest BCUT2D eigenvalue weighted by molar-refractivity contribution is 7.52. The molecule has 12 heteroatoms. The van der Waals surface area contributed by atoms with Gasteiger partial charge in [0.05, 0.1) is 37.4 Å². The number of aliphatic imine (C=N–C) groups is 1. The van der Waals surface area contributed by atoms with Gasteiger partial charge in [-0.2, -0.15) is 0 Å². The average Bonchev–Trinajstić information content (AvgIpc) is 3.10. The number of aromatic nitrogens is 2. The van der Waals surface area contributed by atoms with Gasteiger partial charge in [-0.15, -0.1) is 0 Å². The number of fused-ring (bicyclic) bond motifs is 1. The van der Waals surface area contributed by atoms with Crippen LogP contribution in [0.25, 0.3) is 0 Å². The van der Waals surface area contributed by atoms with Crippen LogP contribution in [-0.4, -0.2) is 63.4 Å². The fraction of sp³-hybridized carbons (Fsp3) is 0.667. The third kappa shape index (κ3) is 3.46. The van der Waals surface area contributed by atoms with Crippen molar-refractivity contribution in [3.63, 3.8) is 0 Å². The highest BCUT2D eigenvalue weighted by Gasteiger charge is 2.72. The molecule has 2 saturated carbocycles. The first-order valence-corrected chi connectivity index (χ1v) is 10.9. The van der Waals surface area contributed by atoms with Crippen LogP contribution in [0.15, 0.2) is 11.3 Å². The molecule has 0 aromatic carbocycles. The molecule has 6 atom stereocenters. The Morgan fingerprint density at radius 3 is 2.93 bits per heavy atom. The molecule has 10 nitrogen and oxygen atoms in total. The Kier molecular flexibility index (Phi) is 5.51. The number of rotatable bonds is 8. The summed E-state index contributed by atoms with van der Waals surface area (Å²) in [5, 5.41) is 28.9. The van der Waals surface area contributed by atoms with Crippen LogP contribution in [0.2, 0.25) is 0 Å². The molecule has 5 N–H and O–H groups in total. The average molecular weight is 420 g/mol. The number of nitrogen functional groups attached to an aromatic ring is 1. The van der Waals surface area contributed by atoms with Crippen molar-refractivity contribution in [2.45, 2.75) is 31.6 Å². The van der Waals surface area contributed by atoms with Gasteiger partial charge in [0.2, 0.25) is 0 Å². The van der Waals surface area contributed by atoms with E-state index in [-0.39, 0.29) is 36.5 Å². The minimum absolute atomic E-state index is 0.00252. The number of nitrogens with one attached hydrogen (secondary N) is 1. The van der Waals surface area contributed by atoms with Crippen LogP contribution in [0.1, 0.15) is 25.1 Å². The lowest BCUT2D eigenvalue weighted by atomic mass is 10.0. The fourth-order valence-corrected chi connectivity index (χ4v) is 5.08. The first kappa shape index (κ1) is 20.4. The molecular weight excluding hydrogens is 397 g/mol. The van der Waals surface area contributed by atoms with Crippen LogP contribution in [0.3, 0.4) is 0 Å². The van der Waals surface area contributed by atoms with Crippen molar-refractivity contribution in [3.05, 3.63) is 12.0 Å². The second-order valence-corrected chi connectivity index (χ2v) is 9.15. The number of amidine groups is 1. The van der Waals surface area contributed by atoms with Crippen molar-refractivity contribution in [1.29, 1.82) is 5.41 Å². The molecule has 0 amide bonds. The van der Waals surface area contributed by atoms with Crippen LogP contribution in [0.5, 0.6) is 0 Å². The van der Waals surface area contributed by atoms with E-state index in [2.05, 4.69) is 9.98 Å². The molecule has 1 heterocycles. The molecule has 1 unspecified atom stereocenters. The van der Waals surface area contributed by atoms with Crippen molar-refractivity contribution < 1.29 is 23.8 Å². The van der Waals surface area contributed by atoms with Crippen molar-refractivity contribution >= 4 is 36.5 Å². The van der Waals surface area contributed by atoms with Crippen LogP contribution >= 0.6 is 19.2 Å². The van der Waals surface area contributed by atoms with E-state index in [1.165, 1.54) is 13.0 Å². The van der Waals surface area contributed by atoms with Gasteiger partial charge in [-0.3, -0.25) is 9.97 Å². The van der Waals surface area contributed by atoms with Crippen LogP contribution in [-0.2, 0) is 13.6 Å². The Bertz CT molecular complexity index is 817. The number of halogens is 1. The van der Waals surface area contributed by atoms with Gasteiger partial charge < -0.3 is 29.6 Å².